The Labute approximate surface area is 221 Å². The van der Waals surface area contributed by atoms with Crippen LogP contribution in [0.15, 0.2) is 102 Å². The third kappa shape index (κ3) is 3.66. The molecule has 7 rings (SSSR count). The van der Waals surface area contributed by atoms with Crippen molar-refractivity contribution in [3.05, 3.63) is 113 Å². The minimum atomic E-state index is 0.142. The monoisotopic (exact) mass is 483 g/mol. The van der Waals surface area contributed by atoms with Crippen molar-refractivity contribution in [2.45, 2.75) is 70.3 Å². The van der Waals surface area contributed by atoms with Crippen LogP contribution >= 0.6 is 0 Å². The number of rotatable bonds is 5. The largest absolute Gasteiger partial charge is 0.378 e. The fourth-order valence-corrected chi connectivity index (χ4v) is 7.72. The summed E-state index contributed by atoms with van der Waals surface area (Å²) in [5.41, 5.74) is 10.7. The molecule has 0 fully saturated rings. The summed E-state index contributed by atoms with van der Waals surface area (Å²) in [6, 6.07) is 21.2. The molecule has 0 saturated heterocycles. The van der Waals surface area contributed by atoms with Crippen LogP contribution in [0.1, 0.15) is 75.3 Å². The Morgan fingerprint density at radius 1 is 0.919 bits per heavy atom. The zero-order chi connectivity index (χ0) is 24.8. The van der Waals surface area contributed by atoms with Crippen molar-refractivity contribution in [2.75, 3.05) is 5.32 Å². The van der Waals surface area contributed by atoms with Crippen molar-refractivity contribution in [1.29, 1.82) is 0 Å². The van der Waals surface area contributed by atoms with Gasteiger partial charge in [-0.25, -0.2) is 0 Å². The summed E-state index contributed by atoms with van der Waals surface area (Å²) in [6.45, 7) is 2.31. The Morgan fingerprint density at radius 3 is 2.62 bits per heavy atom. The summed E-state index contributed by atoms with van der Waals surface area (Å²) in [7, 11) is 0. The molecule has 1 nitrogen and oxygen atoms in total. The van der Waals surface area contributed by atoms with Crippen LogP contribution in [-0.2, 0) is 0 Å². The Kier molecular flexibility index (Phi) is 5.69. The summed E-state index contributed by atoms with van der Waals surface area (Å²) >= 11 is 0. The van der Waals surface area contributed by atoms with Crippen LogP contribution in [0.25, 0.3) is 21.9 Å². The van der Waals surface area contributed by atoms with E-state index in [0.29, 0.717) is 12.0 Å². The molecule has 186 valence electrons. The van der Waals surface area contributed by atoms with Gasteiger partial charge >= 0.3 is 0 Å². The van der Waals surface area contributed by atoms with E-state index in [4.69, 9.17) is 0 Å². The maximum absolute atomic E-state index is 4.18. The quantitative estimate of drug-likeness (QED) is 0.381. The molecule has 3 atom stereocenters. The van der Waals surface area contributed by atoms with Crippen LogP contribution in [0.2, 0.25) is 0 Å². The third-order valence-corrected chi connectivity index (χ3v) is 9.35. The second-order valence-corrected chi connectivity index (χ2v) is 11.5. The molecule has 1 heteroatoms. The van der Waals surface area contributed by atoms with E-state index in [-0.39, 0.29) is 5.41 Å². The number of fused-ring (bicyclic) bond motifs is 6. The van der Waals surface area contributed by atoms with Crippen LogP contribution in [0.5, 0.6) is 0 Å². The van der Waals surface area contributed by atoms with Gasteiger partial charge in [0, 0.05) is 28.4 Å². The van der Waals surface area contributed by atoms with Crippen LogP contribution in [-0.4, -0.2) is 6.04 Å². The maximum atomic E-state index is 4.18. The van der Waals surface area contributed by atoms with Crippen molar-refractivity contribution in [3.8, 4) is 11.1 Å². The van der Waals surface area contributed by atoms with E-state index in [2.05, 4.69) is 103 Å². The van der Waals surface area contributed by atoms with Crippen molar-refractivity contribution >= 4 is 16.5 Å². The first-order chi connectivity index (χ1) is 18.3. The molecule has 3 unspecified atom stereocenters. The van der Waals surface area contributed by atoms with Gasteiger partial charge in [0.05, 0.1) is 0 Å². The first kappa shape index (κ1) is 22.8. The zero-order valence-electron chi connectivity index (χ0n) is 22.0. The molecule has 1 spiro atoms. The molecule has 1 N–H and O–H groups in total. The van der Waals surface area contributed by atoms with Gasteiger partial charge in [-0.2, -0.15) is 0 Å². The topological polar surface area (TPSA) is 12.0 Å². The molecular formula is C36H37N. The van der Waals surface area contributed by atoms with E-state index in [1.54, 1.807) is 11.1 Å². The summed E-state index contributed by atoms with van der Waals surface area (Å²) in [6.07, 6.45) is 23.8. The molecule has 3 aromatic rings. The van der Waals surface area contributed by atoms with Crippen LogP contribution in [0, 0.1) is 5.41 Å². The molecule has 0 aliphatic heterocycles. The van der Waals surface area contributed by atoms with E-state index in [1.165, 1.54) is 77.2 Å². The van der Waals surface area contributed by atoms with Crippen LogP contribution < -0.4 is 5.32 Å². The number of benzene rings is 3. The molecule has 3 aromatic carbocycles. The normalized spacial score (nSPS) is 25.4. The SMILES string of the molecule is CCCCC1c2ccccc2-c2c1cc(NC1CCCC3=C1C1(C=CC=CC1)CC=C3)c1ccccc21. The second kappa shape index (κ2) is 9.21. The molecule has 0 amide bonds. The van der Waals surface area contributed by atoms with Gasteiger partial charge in [-0.3, -0.25) is 0 Å². The van der Waals surface area contributed by atoms with Crippen LogP contribution in [0.4, 0.5) is 5.69 Å². The highest BCUT2D eigenvalue weighted by Gasteiger charge is 2.40. The van der Waals surface area contributed by atoms with Crippen molar-refractivity contribution in [1.82, 2.24) is 0 Å². The minimum absolute atomic E-state index is 0.142. The first-order valence-corrected chi connectivity index (χ1v) is 14.4. The average molecular weight is 484 g/mol. The third-order valence-electron chi connectivity index (χ3n) is 9.35. The predicted molar refractivity (Wildman–Crippen MR) is 158 cm³/mol. The molecule has 37 heavy (non-hydrogen) atoms. The van der Waals surface area contributed by atoms with Crippen molar-refractivity contribution in [2.24, 2.45) is 5.41 Å². The summed E-state index contributed by atoms with van der Waals surface area (Å²) in [5.74, 6) is 0.493. The lowest BCUT2D eigenvalue weighted by Gasteiger charge is -2.44. The highest BCUT2D eigenvalue weighted by Crippen LogP contribution is 2.53. The number of hydrogen-bond acceptors (Lipinski definition) is 1. The van der Waals surface area contributed by atoms with Crippen LogP contribution in [0.3, 0.4) is 0 Å². The molecule has 0 radical (unpaired) electrons. The lowest BCUT2D eigenvalue weighted by molar-refractivity contribution is 0.406. The second-order valence-electron chi connectivity index (χ2n) is 11.5. The number of nitrogens with one attached hydrogen (secondary N) is 1. The van der Waals surface area contributed by atoms with Crippen molar-refractivity contribution < 1.29 is 0 Å². The van der Waals surface area contributed by atoms with Gasteiger partial charge in [-0.05, 0) is 83.4 Å². The molecule has 0 aromatic heterocycles. The molecule has 4 aliphatic carbocycles. The first-order valence-electron chi connectivity index (χ1n) is 14.4. The Hall–Kier alpha value is -3.32. The van der Waals surface area contributed by atoms with Gasteiger partial charge in [-0.15, -0.1) is 0 Å². The minimum Gasteiger partial charge on any atom is -0.378 e. The van der Waals surface area contributed by atoms with Crippen molar-refractivity contribution in [3.63, 3.8) is 0 Å². The van der Waals surface area contributed by atoms with Gasteiger partial charge in [0.2, 0.25) is 0 Å². The molecule has 0 bridgehead atoms. The molecular weight excluding hydrogens is 446 g/mol. The lowest BCUT2D eigenvalue weighted by atomic mass is 9.63. The van der Waals surface area contributed by atoms with Gasteiger partial charge in [0.15, 0.2) is 0 Å². The summed E-state index contributed by atoms with van der Waals surface area (Å²) in [5, 5.41) is 6.94. The number of hydrogen-bond donors (Lipinski definition) is 1. The summed E-state index contributed by atoms with van der Waals surface area (Å²) in [4.78, 5) is 0. The molecule has 4 aliphatic rings. The maximum Gasteiger partial charge on any atom is 0.0488 e. The zero-order valence-corrected chi connectivity index (χ0v) is 22.0. The van der Waals surface area contributed by atoms with Gasteiger partial charge in [0.25, 0.3) is 0 Å². The number of unbranched alkanes of at least 4 members (excludes halogenated alkanes) is 1. The molecule has 0 saturated carbocycles. The Bertz CT molecular complexity index is 1480. The predicted octanol–water partition coefficient (Wildman–Crippen LogP) is 9.87. The highest BCUT2D eigenvalue weighted by atomic mass is 14.9. The van der Waals surface area contributed by atoms with Gasteiger partial charge in [-0.1, -0.05) is 105 Å². The average Bonchev–Trinajstić information content (AvgIpc) is 3.26. The van der Waals surface area contributed by atoms with E-state index in [0.717, 1.165) is 12.8 Å². The van der Waals surface area contributed by atoms with E-state index in [1.807, 2.05) is 0 Å². The lowest BCUT2D eigenvalue weighted by Crippen LogP contribution is -2.37. The standard InChI is InChI=1S/C36H37N/c1-2-3-15-27-26-16-5-7-18-29(26)34-30-19-8-6-17-28(30)33(24-31(27)34)37-32-20-11-13-25-14-12-23-36(35(25)32)21-9-4-10-22-36/h4-10,12,14,16-19,21,24,27,32,37H,2-3,11,13,15,20,22-23H2,1H3. The Morgan fingerprint density at radius 2 is 1.76 bits per heavy atom. The molecule has 0 heterocycles. The number of allylic oxidation sites excluding steroid dienone is 7. The van der Waals surface area contributed by atoms with Gasteiger partial charge < -0.3 is 5.32 Å². The van der Waals surface area contributed by atoms with E-state index >= 15 is 0 Å². The fraction of sp³-hybridized carbons (Fsp3) is 0.333. The van der Waals surface area contributed by atoms with Gasteiger partial charge in [0.1, 0.15) is 0 Å². The smallest absolute Gasteiger partial charge is 0.0488 e. The summed E-state index contributed by atoms with van der Waals surface area (Å²) < 4.78 is 0. The van der Waals surface area contributed by atoms with E-state index < -0.39 is 0 Å². The highest BCUT2D eigenvalue weighted by molar-refractivity contribution is 6.07. The number of anilines is 1. The Balaban J connectivity index is 1.36. The fourth-order valence-electron chi connectivity index (χ4n) is 7.72. The van der Waals surface area contributed by atoms with E-state index in [9.17, 15) is 0 Å².